The van der Waals surface area contributed by atoms with Gasteiger partial charge >= 0.3 is 11.9 Å². The van der Waals surface area contributed by atoms with E-state index in [-0.39, 0.29) is 57.2 Å². The number of ether oxygens (including phenoxy) is 2. The van der Waals surface area contributed by atoms with E-state index in [1.165, 1.54) is 12.7 Å². The average molecular weight is 646 g/mol. The number of phenolic OH excluding ortho intramolecular Hbond substituents is 1. The maximum atomic E-state index is 14.7. The molecule has 1 amide bonds. The monoisotopic (exact) mass is 645 g/mol. The molecular formula is C40H55NO6. The van der Waals surface area contributed by atoms with Gasteiger partial charge in [-0.25, -0.2) is 4.79 Å². The Labute approximate surface area is 280 Å². The quantitative estimate of drug-likeness (QED) is 0.252. The number of benzene rings is 1. The molecule has 0 radical (unpaired) electrons. The zero-order valence-corrected chi connectivity index (χ0v) is 29.3. The van der Waals surface area contributed by atoms with E-state index in [1.54, 1.807) is 24.3 Å². The predicted molar refractivity (Wildman–Crippen MR) is 179 cm³/mol. The van der Waals surface area contributed by atoms with Gasteiger partial charge in [0, 0.05) is 6.42 Å². The molecule has 0 bridgehead atoms. The second-order valence-corrected chi connectivity index (χ2v) is 17.5. The van der Waals surface area contributed by atoms with Crippen molar-refractivity contribution in [2.24, 2.45) is 56.7 Å². The molecule has 7 heteroatoms. The van der Waals surface area contributed by atoms with Crippen LogP contribution in [0.5, 0.6) is 5.75 Å². The summed E-state index contributed by atoms with van der Waals surface area (Å²) >= 11 is 0. The molecule has 2 N–H and O–H groups in total. The van der Waals surface area contributed by atoms with E-state index in [0.717, 1.165) is 69.8 Å². The van der Waals surface area contributed by atoms with Crippen molar-refractivity contribution in [3.63, 3.8) is 0 Å². The number of carbonyl (C=O) groups excluding carboxylic acids is 3. The highest BCUT2D eigenvalue weighted by Gasteiger charge is 2.75. The highest BCUT2D eigenvalue weighted by molar-refractivity contribution is 5.89. The van der Waals surface area contributed by atoms with Crippen molar-refractivity contribution >= 4 is 17.8 Å². The van der Waals surface area contributed by atoms with E-state index in [2.05, 4.69) is 46.5 Å². The molecule has 0 spiro atoms. The molecule has 6 fully saturated rings. The fourth-order valence-corrected chi connectivity index (χ4v) is 13.4. The number of carbonyl (C=O) groups is 3. The Morgan fingerprint density at radius 3 is 2.34 bits per heavy atom. The van der Waals surface area contributed by atoms with Crippen LogP contribution < -0.4 is 5.32 Å². The maximum absolute atomic E-state index is 14.7. The van der Waals surface area contributed by atoms with Crippen molar-refractivity contribution < 1.29 is 29.0 Å². The van der Waals surface area contributed by atoms with Gasteiger partial charge in [0.2, 0.25) is 5.91 Å². The predicted octanol–water partition coefficient (Wildman–Crippen LogP) is 7.16. The van der Waals surface area contributed by atoms with Gasteiger partial charge in [-0.1, -0.05) is 45.1 Å². The van der Waals surface area contributed by atoms with Crippen LogP contribution in [0.2, 0.25) is 0 Å². The molecule has 0 aromatic heterocycles. The fraction of sp³-hybridized carbons (Fsp3) is 0.725. The molecule has 1 aliphatic heterocycles. The fourth-order valence-electron chi connectivity index (χ4n) is 13.4. The van der Waals surface area contributed by atoms with Gasteiger partial charge in [-0.3, -0.25) is 9.59 Å². The summed E-state index contributed by atoms with van der Waals surface area (Å²) in [5.41, 5.74) is 1.38. The van der Waals surface area contributed by atoms with Gasteiger partial charge < -0.3 is 19.9 Å². The summed E-state index contributed by atoms with van der Waals surface area (Å²) in [6, 6.07) is 5.97. The van der Waals surface area contributed by atoms with E-state index in [1.807, 2.05) is 0 Å². The molecule has 1 heterocycles. The second-order valence-electron chi connectivity index (χ2n) is 17.5. The van der Waals surface area contributed by atoms with E-state index < -0.39 is 17.4 Å². The number of methoxy groups -OCH3 is 1. The van der Waals surface area contributed by atoms with Gasteiger partial charge in [-0.2, -0.15) is 0 Å². The Kier molecular flexibility index (Phi) is 7.54. The van der Waals surface area contributed by atoms with Crippen molar-refractivity contribution in [2.75, 3.05) is 7.11 Å². The molecule has 1 aromatic carbocycles. The van der Waals surface area contributed by atoms with Crippen LogP contribution in [0.25, 0.3) is 0 Å². The summed E-state index contributed by atoms with van der Waals surface area (Å²) < 4.78 is 10.9. The summed E-state index contributed by atoms with van der Waals surface area (Å²) in [4.78, 5) is 40.8. The van der Waals surface area contributed by atoms with Crippen LogP contribution >= 0.6 is 0 Å². The first-order chi connectivity index (χ1) is 22.2. The minimum absolute atomic E-state index is 0.0137. The van der Waals surface area contributed by atoms with E-state index in [4.69, 9.17) is 9.47 Å². The van der Waals surface area contributed by atoms with Crippen LogP contribution in [-0.2, 0) is 30.3 Å². The number of hydrogen-bond acceptors (Lipinski definition) is 6. The van der Waals surface area contributed by atoms with E-state index in [9.17, 15) is 19.5 Å². The van der Waals surface area contributed by atoms with E-state index in [0.29, 0.717) is 24.2 Å². The van der Waals surface area contributed by atoms with Crippen LogP contribution in [0.15, 0.2) is 36.4 Å². The average Bonchev–Trinajstić information content (AvgIpc) is 3.44. The number of rotatable bonds is 6. The van der Waals surface area contributed by atoms with Crippen molar-refractivity contribution in [2.45, 2.75) is 117 Å². The number of esters is 2. The van der Waals surface area contributed by atoms with Gasteiger partial charge in [0.1, 0.15) is 23.3 Å². The number of allylic oxidation sites excluding steroid dienone is 1. The van der Waals surface area contributed by atoms with Crippen molar-refractivity contribution in [3.05, 3.63) is 42.0 Å². The maximum Gasteiger partial charge on any atom is 0.328 e. The Hall–Kier alpha value is -2.83. The first-order valence-electron chi connectivity index (χ1n) is 18.2. The van der Waals surface area contributed by atoms with E-state index >= 15 is 0 Å². The van der Waals surface area contributed by atoms with Gasteiger partial charge in [0.15, 0.2) is 0 Å². The second kappa shape index (κ2) is 10.8. The number of amides is 1. The van der Waals surface area contributed by atoms with Crippen molar-refractivity contribution in [1.29, 1.82) is 0 Å². The van der Waals surface area contributed by atoms with Crippen molar-refractivity contribution in [1.82, 2.24) is 5.32 Å². The first kappa shape index (κ1) is 32.7. The summed E-state index contributed by atoms with van der Waals surface area (Å²) in [5.74, 6) is 1.42. The van der Waals surface area contributed by atoms with Gasteiger partial charge in [0.05, 0.1) is 12.5 Å². The lowest BCUT2D eigenvalue weighted by atomic mass is 9.32. The van der Waals surface area contributed by atoms with Crippen LogP contribution in [0, 0.1) is 56.7 Å². The Morgan fingerprint density at radius 1 is 0.957 bits per heavy atom. The number of phenols is 1. The smallest absolute Gasteiger partial charge is 0.328 e. The Morgan fingerprint density at radius 2 is 1.68 bits per heavy atom. The molecule has 5 saturated carbocycles. The molecule has 1 saturated heterocycles. The molecule has 6 aliphatic rings. The van der Waals surface area contributed by atoms with Crippen LogP contribution in [0.4, 0.5) is 0 Å². The number of fused-ring (bicyclic) bond motifs is 9. The van der Waals surface area contributed by atoms with Crippen molar-refractivity contribution in [3.8, 4) is 5.75 Å². The molecule has 7 nitrogen and oxygen atoms in total. The molecule has 47 heavy (non-hydrogen) atoms. The molecule has 1 aromatic rings. The largest absolute Gasteiger partial charge is 0.508 e. The minimum Gasteiger partial charge on any atom is -0.508 e. The molecule has 256 valence electrons. The third-order valence-electron chi connectivity index (χ3n) is 16.0. The van der Waals surface area contributed by atoms with Crippen LogP contribution in [-0.4, -0.2) is 42.2 Å². The SMILES string of the molecule is C=C(C)[C@@H]1CC[C@]2(C(=O)N[C@@H](Cc3ccc(O)cc3)C(=O)OC)CC[C@]3(C)[C@H](CC[C@@H]4[C@@]5(C)CC[C@H]6OC(=O)[C@@]6(C)[C@@H]5CC[C@]43C)[C@@H]12. The molecular weight excluding hydrogens is 590 g/mol. The van der Waals surface area contributed by atoms with Crippen LogP contribution in [0.3, 0.4) is 0 Å². The summed E-state index contributed by atoms with van der Waals surface area (Å²) in [6.07, 6.45) is 10.4. The Bertz CT molecular complexity index is 1490. The lowest BCUT2D eigenvalue weighted by Crippen LogP contribution is -2.71. The topological polar surface area (TPSA) is 102 Å². The highest BCUT2D eigenvalue weighted by atomic mass is 16.6. The molecule has 12 atom stereocenters. The normalized spacial score (nSPS) is 45.4. The minimum atomic E-state index is -0.803. The van der Waals surface area contributed by atoms with Gasteiger partial charge in [-0.05, 0) is 142 Å². The summed E-state index contributed by atoms with van der Waals surface area (Å²) in [5, 5.41) is 13.0. The summed E-state index contributed by atoms with van der Waals surface area (Å²) in [7, 11) is 1.37. The molecule has 7 rings (SSSR count). The number of aromatic hydroxyl groups is 1. The standard InChI is InChI=1S/C40H55NO6/c1-23(2)26-14-19-40(34(44)41-28(33(43)46-7)22-24-8-10-25(42)11-9-24)21-20-37(4)27(32(26)40)12-13-29-36(3)17-16-31-39(6,35(45)47-31)30(36)15-18-38(29,37)5/h8-11,26-32,42H,1,12-22H2,2-7H3,(H,41,44)/t26-,27+,28-,29+,30+,31+,32+,36+,37+,38+,39-,40-/m0/s1. The third kappa shape index (κ3) is 4.32. The Balaban J connectivity index is 1.20. The lowest BCUT2D eigenvalue weighted by Gasteiger charge is -2.73. The lowest BCUT2D eigenvalue weighted by molar-refractivity contribution is -0.279. The molecule has 5 aliphatic carbocycles. The summed E-state index contributed by atoms with van der Waals surface area (Å²) in [6.45, 7) is 16.4. The van der Waals surface area contributed by atoms with Crippen LogP contribution in [0.1, 0.15) is 104 Å². The van der Waals surface area contributed by atoms with Gasteiger partial charge in [0.25, 0.3) is 0 Å². The van der Waals surface area contributed by atoms with Gasteiger partial charge in [-0.15, -0.1) is 0 Å². The number of nitrogens with one attached hydrogen (secondary N) is 1. The molecule has 0 unspecified atom stereocenters. The highest BCUT2D eigenvalue weighted by Crippen LogP contribution is 2.78. The first-order valence-corrected chi connectivity index (χ1v) is 18.2. The zero-order valence-electron chi connectivity index (χ0n) is 29.3. The zero-order chi connectivity index (χ0) is 33.7. The number of hydrogen-bond donors (Lipinski definition) is 2. The third-order valence-corrected chi connectivity index (χ3v) is 16.0.